The van der Waals surface area contributed by atoms with Crippen molar-refractivity contribution in [3.63, 3.8) is 0 Å². The Morgan fingerprint density at radius 3 is 2.76 bits per heavy atom. The largest absolute Gasteiger partial charge is 0.465 e. The quantitative estimate of drug-likeness (QED) is 0.414. The van der Waals surface area contributed by atoms with E-state index >= 15 is 0 Å². The molecule has 5 N–H and O–H groups in total. The second-order valence-corrected chi connectivity index (χ2v) is 8.86. The summed E-state index contributed by atoms with van der Waals surface area (Å²) in [6.45, 7) is 1.92. The van der Waals surface area contributed by atoms with Crippen molar-refractivity contribution < 1.29 is 14.7 Å². The van der Waals surface area contributed by atoms with Gasteiger partial charge in [-0.15, -0.1) is 0 Å². The number of nitrogens with zero attached hydrogens (tertiary/aromatic N) is 2. The van der Waals surface area contributed by atoms with Crippen molar-refractivity contribution in [3.8, 4) is 11.3 Å². The van der Waals surface area contributed by atoms with Crippen molar-refractivity contribution in [3.05, 3.63) is 45.9 Å². The fourth-order valence-electron chi connectivity index (χ4n) is 4.94. The Bertz CT molecular complexity index is 1330. The fraction of sp³-hybridized carbons (Fsp3) is 0.391. The number of aromatic amines is 1. The van der Waals surface area contributed by atoms with Crippen molar-refractivity contribution in [1.82, 2.24) is 25.2 Å². The van der Waals surface area contributed by atoms with Gasteiger partial charge in [-0.25, -0.2) is 9.78 Å². The number of para-hydroxylation sites is 1. The number of H-pyrrole nitrogens is 1. The zero-order valence-corrected chi connectivity index (χ0v) is 18.4. The maximum absolute atomic E-state index is 13.1. The topological polar surface area (TPSA) is 141 Å². The average molecular weight is 450 g/mol. The molecule has 0 saturated heterocycles. The third kappa shape index (κ3) is 3.71. The van der Waals surface area contributed by atoms with Gasteiger partial charge in [-0.3, -0.25) is 14.2 Å². The van der Waals surface area contributed by atoms with E-state index in [2.05, 4.69) is 20.9 Å². The monoisotopic (exact) mass is 450 g/mol. The van der Waals surface area contributed by atoms with E-state index in [0.29, 0.717) is 28.8 Å². The number of hydrogen-bond donors (Lipinski definition) is 5. The maximum atomic E-state index is 13.1. The molecule has 1 aliphatic carbocycles. The molecule has 1 aromatic carbocycles. The van der Waals surface area contributed by atoms with Crippen LogP contribution < -0.4 is 21.5 Å². The lowest BCUT2D eigenvalue weighted by Gasteiger charge is -2.30. The number of fused-ring (bicyclic) bond motifs is 2. The van der Waals surface area contributed by atoms with E-state index < -0.39 is 6.09 Å². The van der Waals surface area contributed by atoms with E-state index in [-0.39, 0.29) is 29.6 Å². The van der Waals surface area contributed by atoms with Crippen LogP contribution in [-0.4, -0.2) is 43.7 Å². The number of aromatic nitrogens is 3. The summed E-state index contributed by atoms with van der Waals surface area (Å²) >= 11 is 0. The van der Waals surface area contributed by atoms with E-state index in [1.807, 2.05) is 19.1 Å². The van der Waals surface area contributed by atoms with Crippen molar-refractivity contribution in [2.45, 2.75) is 50.7 Å². The smallest absolute Gasteiger partial charge is 0.404 e. The first-order valence-electron chi connectivity index (χ1n) is 11.1. The molecule has 1 saturated carbocycles. The van der Waals surface area contributed by atoms with Crippen LogP contribution in [0.5, 0.6) is 0 Å². The number of hydrogen-bond acceptors (Lipinski definition) is 5. The molecule has 2 amide bonds. The SMILES string of the molecule is C[C@H]1NC(=O)c2cc(-c3cccc4c(=O)n(C)c(N[C@H]5CCC[C@@H](NC(=O)O)C5)nc34)[nH]c21. The lowest BCUT2D eigenvalue weighted by molar-refractivity contribution is 0.0958. The van der Waals surface area contributed by atoms with E-state index in [1.54, 1.807) is 19.2 Å². The van der Waals surface area contributed by atoms with Gasteiger partial charge < -0.3 is 26.0 Å². The van der Waals surface area contributed by atoms with Crippen LogP contribution in [0.3, 0.4) is 0 Å². The molecule has 1 fully saturated rings. The predicted octanol–water partition coefficient (Wildman–Crippen LogP) is 2.72. The number of carboxylic acid groups (broad SMARTS) is 1. The fourth-order valence-corrected chi connectivity index (χ4v) is 4.94. The number of nitrogens with one attached hydrogen (secondary N) is 4. The van der Waals surface area contributed by atoms with Crippen LogP contribution in [-0.2, 0) is 7.05 Å². The molecule has 1 aliphatic heterocycles. The Balaban J connectivity index is 1.53. The highest BCUT2D eigenvalue weighted by molar-refractivity contribution is 6.01. The summed E-state index contributed by atoms with van der Waals surface area (Å²) in [5.74, 6) is 0.319. The molecule has 10 nitrogen and oxygen atoms in total. The average Bonchev–Trinajstić information content (AvgIpc) is 3.32. The van der Waals surface area contributed by atoms with Gasteiger partial charge >= 0.3 is 6.09 Å². The third-order valence-electron chi connectivity index (χ3n) is 6.61. The molecule has 3 aromatic rings. The molecule has 10 heteroatoms. The second-order valence-electron chi connectivity index (χ2n) is 8.86. The zero-order valence-electron chi connectivity index (χ0n) is 18.4. The van der Waals surface area contributed by atoms with Gasteiger partial charge in [0.05, 0.1) is 28.2 Å². The van der Waals surface area contributed by atoms with E-state index in [4.69, 9.17) is 10.1 Å². The summed E-state index contributed by atoms with van der Waals surface area (Å²) in [4.78, 5) is 44.5. The van der Waals surface area contributed by atoms with Crippen LogP contribution in [0.4, 0.5) is 10.7 Å². The molecule has 172 valence electrons. The number of amides is 2. The Kier molecular flexibility index (Phi) is 5.07. The number of rotatable bonds is 4. The minimum Gasteiger partial charge on any atom is -0.465 e. The summed E-state index contributed by atoms with van der Waals surface area (Å²) < 4.78 is 1.49. The number of carbonyl (C=O) groups is 2. The number of benzene rings is 1. The van der Waals surface area contributed by atoms with E-state index in [0.717, 1.165) is 36.2 Å². The lowest BCUT2D eigenvalue weighted by atomic mass is 9.91. The van der Waals surface area contributed by atoms with Crippen LogP contribution in [0.1, 0.15) is 54.7 Å². The summed E-state index contributed by atoms with van der Waals surface area (Å²) in [7, 11) is 1.68. The molecule has 2 aliphatic rings. The summed E-state index contributed by atoms with van der Waals surface area (Å²) in [5.41, 5.74) is 3.29. The molecule has 0 radical (unpaired) electrons. The van der Waals surface area contributed by atoms with Gasteiger partial charge in [-0.05, 0) is 44.7 Å². The van der Waals surface area contributed by atoms with Crippen molar-refractivity contribution in [2.24, 2.45) is 7.05 Å². The highest BCUT2D eigenvalue weighted by Gasteiger charge is 2.29. The molecule has 3 atom stereocenters. The van der Waals surface area contributed by atoms with E-state index in [9.17, 15) is 14.4 Å². The van der Waals surface area contributed by atoms with Gasteiger partial charge in [0.2, 0.25) is 5.95 Å². The minimum absolute atomic E-state index is 0.00264. The Labute approximate surface area is 189 Å². The van der Waals surface area contributed by atoms with Crippen LogP contribution in [0, 0.1) is 0 Å². The van der Waals surface area contributed by atoms with Gasteiger partial charge in [-0.1, -0.05) is 12.1 Å². The first-order chi connectivity index (χ1) is 15.8. The minimum atomic E-state index is -1.03. The van der Waals surface area contributed by atoms with Gasteiger partial charge in [-0.2, -0.15) is 0 Å². The van der Waals surface area contributed by atoms with Gasteiger partial charge in [0.25, 0.3) is 11.5 Å². The Hall–Kier alpha value is -3.82. The van der Waals surface area contributed by atoms with E-state index in [1.165, 1.54) is 4.57 Å². The molecule has 2 aromatic heterocycles. The number of anilines is 1. The van der Waals surface area contributed by atoms with Gasteiger partial charge in [0, 0.05) is 30.4 Å². The lowest BCUT2D eigenvalue weighted by Crippen LogP contribution is -2.41. The van der Waals surface area contributed by atoms with Crippen molar-refractivity contribution >= 4 is 28.9 Å². The Morgan fingerprint density at radius 1 is 1.21 bits per heavy atom. The summed E-state index contributed by atoms with van der Waals surface area (Å²) in [6.07, 6.45) is 2.13. The van der Waals surface area contributed by atoms with Crippen molar-refractivity contribution in [1.29, 1.82) is 0 Å². The maximum Gasteiger partial charge on any atom is 0.404 e. The summed E-state index contributed by atoms with van der Waals surface area (Å²) in [6, 6.07) is 7.01. The molecule has 5 rings (SSSR count). The molecule has 0 bridgehead atoms. The van der Waals surface area contributed by atoms with Crippen LogP contribution in [0.25, 0.3) is 22.2 Å². The molecule has 0 spiro atoms. The molecule has 3 heterocycles. The first-order valence-corrected chi connectivity index (χ1v) is 11.1. The summed E-state index contributed by atoms with van der Waals surface area (Å²) in [5, 5.41) is 18.3. The van der Waals surface area contributed by atoms with Gasteiger partial charge in [0.1, 0.15) is 0 Å². The third-order valence-corrected chi connectivity index (χ3v) is 6.61. The van der Waals surface area contributed by atoms with Crippen molar-refractivity contribution in [2.75, 3.05) is 5.32 Å². The van der Waals surface area contributed by atoms with Crippen LogP contribution in [0.2, 0.25) is 0 Å². The molecular formula is C23H26N6O4. The standard InChI is InChI=1S/C23H26N6O4/c1-11-18-16(20(30)24-11)10-17(27-18)14-7-4-8-15-19(14)28-22(29(2)21(15)31)25-12-5-3-6-13(9-12)26-23(32)33/h4,7-8,10-13,26-27H,3,5-6,9H2,1-2H3,(H,24,30)(H,25,28)(H,32,33)/t11-,12+,13-/m1/s1. The predicted molar refractivity (Wildman–Crippen MR) is 123 cm³/mol. The Morgan fingerprint density at radius 2 is 2.00 bits per heavy atom. The molecule has 33 heavy (non-hydrogen) atoms. The molecule has 0 unspecified atom stereocenters. The highest BCUT2D eigenvalue weighted by Crippen LogP contribution is 2.33. The van der Waals surface area contributed by atoms with Crippen LogP contribution in [0.15, 0.2) is 29.1 Å². The number of carbonyl (C=O) groups excluding carboxylic acids is 1. The van der Waals surface area contributed by atoms with Gasteiger partial charge in [0.15, 0.2) is 0 Å². The van der Waals surface area contributed by atoms with Crippen LogP contribution >= 0.6 is 0 Å². The molecular weight excluding hydrogens is 424 g/mol. The zero-order chi connectivity index (χ0) is 23.3. The normalized spacial score (nSPS) is 22.1. The first kappa shape index (κ1) is 21.0. The highest BCUT2D eigenvalue weighted by atomic mass is 16.4. The second kappa shape index (κ2) is 7.95.